The summed E-state index contributed by atoms with van der Waals surface area (Å²) in [5.74, 6) is 1.87. The van der Waals surface area contributed by atoms with Gasteiger partial charge in [0.1, 0.15) is 11.4 Å². The highest BCUT2D eigenvalue weighted by atomic mass is 16.5. The van der Waals surface area contributed by atoms with E-state index in [1.54, 1.807) is 0 Å². The molecule has 0 unspecified atom stereocenters. The fraction of sp³-hybridized carbons (Fsp3) is 0.632. The van der Waals surface area contributed by atoms with Gasteiger partial charge in [-0.3, -0.25) is 4.79 Å². The zero-order valence-electron chi connectivity index (χ0n) is 13.9. The van der Waals surface area contributed by atoms with Crippen LogP contribution in [0.3, 0.4) is 0 Å². The highest BCUT2D eigenvalue weighted by molar-refractivity contribution is 5.82. The Morgan fingerprint density at radius 2 is 2.04 bits per heavy atom. The minimum Gasteiger partial charge on any atom is -0.487 e. The fourth-order valence-electron chi connectivity index (χ4n) is 3.93. The molecule has 3 atom stereocenters. The molecule has 1 aliphatic carbocycles. The van der Waals surface area contributed by atoms with Gasteiger partial charge in [-0.05, 0) is 25.3 Å². The molecule has 0 aromatic heterocycles. The number of benzene rings is 1. The van der Waals surface area contributed by atoms with Gasteiger partial charge in [0, 0.05) is 30.7 Å². The van der Waals surface area contributed by atoms with Crippen molar-refractivity contribution in [2.45, 2.75) is 51.2 Å². The van der Waals surface area contributed by atoms with E-state index in [4.69, 9.17) is 9.47 Å². The highest BCUT2D eigenvalue weighted by Gasteiger charge is 2.45. The normalized spacial score (nSPS) is 31.1. The van der Waals surface area contributed by atoms with Gasteiger partial charge in [-0.15, -0.1) is 0 Å². The van der Waals surface area contributed by atoms with Crippen LogP contribution in [0.15, 0.2) is 18.2 Å². The van der Waals surface area contributed by atoms with Gasteiger partial charge in [0.25, 0.3) is 0 Å². The lowest BCUT2D eigenvalue weighted by molar-refractivity contribution is -0.124. The SMILES string of the molecule is Cc1ccc2c(c1)[C@H](NC(=O)[C@H]1C[C@H]1C)CC1(CCOCC1)O2. The molecule has 4 rings (SSSR count). The van der Waals surface area contributed by atoms with Crippen molar-refractivity contribution in [3.05, 3.63) is 29.3 Å². The summed E-state index contributed by atoms with van der Waals surface area (Å²) in [6.45, 7) is 5.70. The molecule has 1 N–H and O–H groups in total. The first kappa shape index (κ1) is 15.0. The number of fused-ring (bicyclic) bond motifs is 1. The van der Waals surface area contributed by atoms with Crippen LogP contribution < -0.4 is 10.1 Å². The third-order valence-corrected chi connectivity index (χ3v) is 5.61. The van der Waals surface area contributed by atoms with Crippen LogP contribution >= 0.6 is 0 Å². The summed E-state index contributed by atoms with van der Waals surface area (Å²) in [5.41, 5.74) is 2.14. The lowest BCUT2D eigenvalue weighted by Gasteiger charge is -2.44. The van der Waals surface area contributed by atoms with Crippen LogP contribution in [0.25, 0.3) is 0 Å². The maximum atomic E-state index is 12.5. The van der Waals surface area contributed by atoms with Gasteiger partial charge in [-0.1, -0.05) is 24.6 Å². The average molecular weight is 315 g/mol. The molecule has 0 radical (unpaired) electrons. The molecule has 2 aliphatic heterocycles. The Morgan fingerprint density at radius 3 is 2.74 bits per heavy atom. The Kier molecular flexibility index (Phi) is 3.60. The van der Waals surface area contributed by atoms with Crippen molar-refractivity contribution in [2.24, 2.45) is 11.8 Å². The molecule has 4 heteroatoms. The Hall–Kier alpha value is -1.55. The van der Waals surface area contributed by atoms with E-state index in [9.17, 15) is 4.79 Å². The number of nitrogens with one attached hydrogen (secondary N) is 1. The second-order valence-corrected chi connectivity index (χ2v) is 7.52. The number of ether oxygens (including phenoxy) is 2. The summed E-state index contributed by atoms with van der Waals surface area (Å²) in [6.07, 6.45) is 3.66. The third kappa shape index (κ3) is 2.85. The molecule has 0 bridgehead atoms. The van der Waals surface area contributed by atoms with Crippen LogP contribution in [-0.2, 0) is 9.53 Å². The molecule has 1 saturated carbocycles. The Bertz CT molecular complexity index is 621. The first-order valence-corrected chi connectivity index (χ1v) is 8.74. The number of amides is 1. The molecule has 1 spiro atoms. The molecule has 23 heavy (non-hydrogen) atoms. The van der Waals surface area contributed by atoms with E-state index < -0.39 is 0 Å². The molecule has 124 valence electrons. The van der Waals surface area contributed by atoms with Crippen molar-refractivity contribution in [1.29, 1.82) is 0 Å². The van der Waals surface area contributed by atoms with Gasteiger partial charge < -0.3 is 14.8 Å². The minimum absolute atomic E-state index is 0.0528. The standard InChI is InChI=1S/C19H25NO3/c1-12-3-4-17-15(9-12)16(20-18(21)14-10-13(14)2)11-19(23-17)5-7-22-8-6-19/h3-4,9,13-14,16H,5-8,10-11H2,1-2H3,(H,20,21)/t13-,14+,16-/m1/s1. The highest BCUT2D eigenvalue weighted by Crippen LogP contribution is 2.45. The second-order valence-electron chi connectivity index (χ2n) is 7.52. The van der Waals surface area contributed by atoms with Crippen molar-refractivity contribution in [3.8, 4) is 5.75 Å². The van der Waals surface area contributed by atoms with Gasteiger partial charge in [-0.25, -0.2) is 0 Å². The van der Waals surface area contributed by atoms with Gasteiger partial charge >= 0.3 is 0 Å². The van der Waals surface area contributed by atoms with Gasteiger partial charge in [0.15, 0.2) is 0 Å². The maximum Gasteiger partial charge on any atom is 0.223 e. The molecular formula is C19H25NO3. The fourth-order valence-corrected chi connectivity index (χ4v) is 3.93. The minimum atomic E-state index is -0.187. The molecule has 1 amide bonds. The van der Waals surface area contributed by atoms with Crippen molar-refractivity contribution in [1.82, 2.24) is 5.32 Å². The van der Waals surface area contributed by atoms with Crippen LogP contribution in [0.2, 0.25) is 0 Å². The Labute approximate surface area is 137 Å². The number of hydrogen-bond acceptors (Lipinski definition) is 3. The van der Waals surface area contributed by atoms with Crippen LogP contribution in [-0.4, -0.2) is 24.7 Å². The zero-order valence-corrected chi connectivity index (χ0v) is 13.9. The van der Waals surface area contributed by atoms with Gasteiger partial charge in [0.2, 0.25) is 5.91 Å². The molecule has 1 aromatic rings. The van der Waals surface area contributed by atoms with E-state index in [0.717, 1.165) is 50.2 Å². The van der Waals surface area contributed by atoms with Crippen LogP contribution in [0.1, 0.15) is 49.8 Å². The summed E-state index contributed by atoms with van der Waals surface area (Å²) < 4.78 is 11.9. The monoisotopic (exact) mass is 315 g/mol. The van der Waals surface area contributed by atoms with E-state index in [2.05, 4.69) is 37.4 Å². The summed E-state index contributed by atoms with van der Waals surface area (Å²) in [5, 5.41) is 3.31. The number of carbonyl (C=O) groups excluding carboxylic acids is 1. The number of aryl methyl sites for hydroxylation is 1. The summed E-state index contributed by atoms with van der Waals surface area (Å²) in [6, 6.07) is 6.35. The molecule has 3 aliphatic rings. The zero-order chi connectivity index (χ0) is 16.0. The van der Waals surface area contributed by atoms with Crippen molar-refractivity contribution >= 4 is 5.91 Å². The topological polar surface area (TPSA) is 47.6 Å². The summed E-state index contributed by atoms with van der Waals surface area (Å²) in [7, 11) is 0. The van der Waals surface area contributed by atoms with E-state index in [1.165, 1.54) is 5.56 Å². The smallest absolute Gasteiger partial charge is 0.223 e. The van der Waals surface area contributed by atoms with E-state index in [1.807, 2.05) is 0 Å². The van der Waals surface area contributed by atoms with Crippen LogP contribution in [0, 0.1) is 18.8 Å². The average Bonchev–Trinajstić information content (AvgIpc) is 3.26. The predicted molar refractivity (Wildman–Crippen MR) is 87.4 cm³/mol. The predicted octanol–water partition coefficient (Wildman–Crippen LogP) is 3.14. The van der Waals surface area contributed by atoms with E-state index in [0.29, 0.717) is 5.92 Å². The van der Waals surface area contributed by atoms with E-state index >= 15 is 0 Å². The third-order valence-electron chi connectivity index (χ3n) is 5.61. The number of rotatable bonds is 2. The van der Waals surface area contributed by atoms with Crippen LogP contribution in [0.5, 0.6) is 5.75 Å². The molecule has 2 fully saturated rings. The number of hydrogen-bond donors (Lipinski definition) is 1. The first-order valence-electron chi connectivity index (χ1n) is 8.74. The molecule has 1 aromatic carbocycles. The Balaban J connectivity index is 1.62. The lowest BCUT2D eigenvalue weighted by atomic mass is 9.81. The summed E-state index contributed by atoms with van der Waals surface area (Å²) in [4.78, 5) is 12.5. The summed E-state index contributed by atoms with van der Waals surface area (Å²) >= 11 is 0. The van der Waals surface area contributed by atoms with Gasteiger partial charge in [0.05, 0.1) is 19.3 Å². The maximum absolute atomic E-state index is 12.5. The van der Waals surface area contributed by atoms with Gasteiger partial charge in [-0.2, -0.15) is 0 Å². The first-order chi connectivity index (χ1) is 11.1. The van der Waals surface area contributed by atoms with Crippen molar-refractivity contribution < 1.29 is 14.3 Å². The lowest BCUT2D eigenvalue weighted by Crippen LogP contribution is -2.48. The molecule has 2 heterocycles. The van der Waals surface area contributed by atoms with Crippen molar-refractivity contribution in [3.63, 3.8) is 0 Å². The quantitative estimate of drug-likeness (QED) is 0.912. The largest absolute Gasteiger partial charge is 0.487 e. The molecular weight excluding hydrogens is 290 g/mol. The second kappa shape index (κ2) is 5.52. The van der Waals surface area contributed by atoms with Crippen LogP contribution in [0.4, 0.5) is 0 Å². The number of carbonyl (C=O) groups is 1. The van der Waals surface area contributed by atoms with Crippen molar-refractivity contribution in [2.75, 3.05) is 13.2 Å². The molecule has 4 nitrogen and oxygen atoms in total. The van der Waals surface area contributed by atoms with E-state index in [-0.39, 0.29) is 23.5 Å². The molecule has 1 saturated heterocycles. The Morgan fingerprint density at radius 1 is 1.30 bits per heavy atom.